The van der Waals surface area contributed by atoms with E-state index in [1.807, 2.05) is 0 Å². The van der Waals surface area contributed by atoms with Crippen molar-refractivity contribution in [1.82, 2.24) is 0 Å². The minimum atomic E-state index is -4.99. The van der Waals surface area contributed by atoms with E-state index >= 15 is 0 Å². The largest absolute Gasteiger partial charge is 0.417 e. The summed E-state index contributed by atoms with van der Waals surface area (Å²) in [6.07, 6.45) is -12.1. The molecule has 0 aliphatic carbocycles. The van der Waals surface area contributed by atoms with E-state index in [2.05, 4.69) is 0 Å². The van der Waals surface area contributed by atoms with Crippen LogP contribution in [0.3, 0.4) is 0 Å². The minimum Gasteiger partial charge on any atom is -0.388 e. The van der Waals surface area contributed by atoms with Crippen molar-refractivity contribution in [3.63, 3.8) is 0 Å². The molecule has 0 aliphatic rings. The monoisotopic (exact) mass is 280 g/mol. The summed E-state index contributed by atoms with van der Waals surface area (Å²) >= 11 is 0. The number of halogens is 3. The molecule has 0 fully saturated rings. The average molecular weight is 280 g/mol. The molecule has 7 heteroatoms. The normalized spacial score (nSPS) is 16.9. The Kier molecular flexibility index (Phi) is 5.74. The molecule has 0 aromatic heterocycles. The third kappa shape index (κ3) is 5.15. The summed E-state index contributed by atoms with van der Waals surface area (Å²) in [7, 11) is 0. The van der Waals surface area contributed by atoms with Gasteiger partial charge in [-0.3, -0.25) is 0 Å². The van der Waals surface area contributed by atoms with Crippen LogP contribution in [0, 0.1) is 0 Å². The molecular weight excluding hydrogens is 265 g/mol. The van der Waals surface area contributed by atoms with Crippen LogP contribution in [-0.2, 0) is 11.3 Å². The topological polar surface area (TPSA) is 69.9 Å². The average Bonchev–Trinajstić information content (AvgIpc) is 2.37. The SMILES string of the molecule is O[C@@H]([C@@H](O)C(F)(F)F)[C@@H](O)COCc1ccccc1. The van der Waals surface area contributed by atoms with Crippen LogP contribution in [-0.4, -0.2) is 46.4 Å². The van der Waals surface area contributed by atoms with Crippen molar-refractivity contribution >= 4 is 0 Å². The predicted octanol–water partition coefficient (Wildman–Crippen LogP) is 0.848. The van der Waals surface area contributed by atoms with E-state index in [1.165, 1.54) is 0 Å². The molecule has 108 valence electrons. The summed E-state index contributed by atoms with van der Waals surface area (Å²) in [6, 6.07) is 8.80. The van der Waals surface area contributed by atoms with Gasteiger partial charge in [-0.2, -0.15) is 13.2 Å². The maximum absolute atomic E-state index is 12.1. The van der Waals surface area contributed by atoms with E-state index < -0.39 is 31.1 Å². The van der Waals surface area contributed by atoms with Gasteiger partial charge in [0.05, 0.1) is 13.2 Å². The van der Waals surface area contributed by atoms with Crippen molar-refractivity contribution in [2.45, 2.75) is 31.1 Å². The molecule has 0 saturated carbocycles. The van der Waals surface area contributed by atoms with Crippen LogP contribution in [0.2, 0.25) is 0 Å². The Morgan fingerprint density at radius 1 is 1.05 bits per heavy atom. The van der Waals surface area contributed by atoms with Crippen LogP contribution in [0.15, 0.2) is 30.3 Å². The first-order valence-electron chi connectivity index (χ1n) is 5.55. The molecule has 0 aliphatic heterocycles. The molecule has 0 radical (unpaired) electrons. The Morgan fingerprint density at radius 3 is 2.16 bits per heavy atom. The zero-order valence-electron chi connectivity index (χ0n) is 9.92. The fourth-order valence-corrected chi connectivity index (χ4v) is 1.37. The first kappa shape index (κ1) is 15.9. The van der Waals surface area contributed by atoms with Gasteiger partial charge in [-0.25, -0.2) is 0 Å². The fourth-order valence-electron chi connectivity index (χ4n) is 1.37. The van der Waals surface area contributed by atoms with Gasteiger partial charge in [0, 0.05) is 0 Å². The molecule has 0 unspecified atom stereocenters. The highest BCUT2D eigenvalue weighted by atomic mass is 19.4. The number of hydrogen-bond donors (Lipinski definition) is 3. The first-order valence-corrected chi connectivity index (χ1v) is 5.55. The van der Waals surface area contributed by atoms with E-state index in [9.17, 15) is 18.3 Å². The lowest BCUT2D eigenvalue weighted by atomic mass is 10.1. The van der Waals surface area contributed by atoms with Crippen LogP contribution in [0.5, 0.6) is 0 Å². The van der Waals surface area contributed by atoms with Crippen molar-refractivity contribution in [1.29, 1.82) is 0 Å². The van der Waals surface area contributed by atoms with Gasteiger partial charge in [-0.15, -0.1) is 0 Å². The van der Waals surface area contributed by atoms with Crippen molar-refractivity contribution in [2.24, 2.45) is 0 Å². The summed E-state index contributed by atoms with van der Waals surface area (Å²) in [4.78, 5) is 0. The number of aliphatic hydroxyl groups excluding tert-OH is 3. The third-order valence-corrected chi connectivity index (χ3v) is 2.45. The second-order valence-electron chi connectivity index (χ2n) is 4.05. The zero-order valence-corrected chi connectivity index (χ0v) is 9.92. The van der Waals surface area contributed by atoms with Gasteiger partial charge in [0.1, 0.15) is 12.2 Å². The molecule has 0 spiro atoms. The molecule has 0 bridgehead atoms. The third-order valence-electron chi connectivity index (χ3n) is 2.45. The molecular formula is C12H15F3O4. The molecule has 1 aromatic carbocycles. The molecule has 0 saturated heterocycles. The van der Waals surface area contributed by atoms with Gasteiger partial charge < -0.3 is 20.1 Å². The molecule has 4 nitrogen and oxygen atoms in total. The molecule has 1 rings (SSSR count). The number of alkyl halides is 3. The predicted molar refractivity (Wildman–Crippen MR) is 60.2 cm³/mol. The maximum Gasteiger partial charge on any atom is 0.417 e. The quantitative estimate of drug-likeness (QED) is 0.722. The van der Waals surface area contributed by atoms with E-state index in [0.717, 1.165) is 5.56 Å². The standard InChI is InChI=1S/C12H15F3O4/c13-12(14,15)11(18)10(17)9(16)7-19-6-8-4-2-1-3-5-8/h1-5,9-11,16-18H,6-7H2/t9-,10+,11+/m0/s1. The number of benzene rings is 1. The van der Waals surface area contributed by atoms with E-state index in [-0.39, 0.29) is 6.61 Å². The van der Waals surface area contributed by atoms with Crippen LogP contribution in [0.1, 0.15) is 5.56 Å². The highest BCUT2D eigenvalue weighted by Gasteiger charge is 2.45. The van der Waals surface area contributed by atoms with Gasteiger partial charge in [0.25, 0.3) is 0 Å². The highest BCUT2D eigenvalue weighted by molar-refractivity contribution is 5.13. The highest BCUT2D eigenvalue weighted by Crippen LogP contribution is 2.23. The molecule has 3 N–H and O–H groups in total. The van der Waals surface area contributed by atoms with Crippen molar-refractivity contribution in [3.05, 3.63) is 35.9 Å². The molecule has 0 heterocycles. The molecule has 19 heavy (non-hydrogen) atoms. The molecule has 1 aromatic rings. The fraction of sp³-hybridized carbons (Fsp3) is 0.500. The lowest BCUT2D eigenvalue weighted by molar-refractivity contribution is -0.244. The number of hydrogen-bond acceptors (Lipinski definition) is 4. The zero-order chi connectivity index (χ0) is 14.5. The Hall–Kier alpha value is -1.15. The van der Waals surface area contributed by atoms with Crippen molar-refractivity contribution < 1.29 is 33.2 Å². The van der Waals surface area contributed by atoms with Crippen LogP contribution < -0.4 is 0 Å². The van der Waals surface area contributed by atoms with Gasteiger partial charge in [-0.1, -0.05) is 30.3 Å². The van der Waals surface area contributed by atoms with E-state index in [0.29, 0.717) is 0 Å². The minimum absolute atomic E-state index is 0.0900. The summed E-state index contributed by atoms with van der Waals surface area (Å²) in [6.45, 7) is -0.421. The Bertz CT molecular complexity index is 369. The van der Waals surface area contributed by atoms with Crippen molar-refractivity contribution in [3.8, 4) is 0 Å². The van der Waals surface area contributed by atoms with Gasteiger partial charge >= 0.3 is 6.18 Å². The first-order chi connectivity index (χ1) is 8.82. The van der Waals surface area contributed by atoms with Crippen molar-refractivity contribution in [2.75, 3.05) is 6.61 Å². The lowest BCUT2D eigenvalue weighted by Gasteiger charge is -2.24. The van der Waals surface area contributed by atoms with Gasteiger partial charge in [0.2, 0.25) is 0 Å². The number of ether oxygens (including phenoxy) is 1. The smallest absolute Gasteiger partial charge is 0.388 e. The number of aliphatic hydroxyl groups is 3. The Labute approximate surface area is 108 Å². The second-order valence-corrected chi connectivity index (χ2v) is 4.05. The van der Waals surface area contributed by atoms with Crippen LogP contribution in [0.4, 0.5) is 13.2 Å². The summed E-state index contributed by atoms with van der Waals surface area (Å²) in [5, 5.41) is 27.2. The molecule has 3 atom stereocenters. The van der Waals surface area contributed by atoms with Crippen LogP contribution in [0.25, 0.3) is 0 Å². The van der Waals surface area contributed by atoms with Gasteiger partial charge in [0.15, 0.2) is 6.10 Å². The summed E-state index contributed by atoms with van der Waals surface area (Å²) in [5.74, 6) is 0. The second kappa shape index (κ2) is 6.85. The van der Waals surface area contributed by atoms with E-state index in [1.54, 1.807) is 30.3 Å². The maximum atomic E-state index is 12.1. The van der Waals surface area contributed by atoms with Gasteiger partial charge in [-0.05, 0) is 5.56 Å². The Balaban J connectivity index is 2.37. The summed E-state index contributed by atoms with van der Waals surface area (Å²) in [5.41, 5.74) is 0.778. The molecule has 0 amide bonds. The number of rotatable bonds is 6. The summed E-state index contributed by atoms with van der Waals surface area (Å²) < 4.78 is 41.2. The van der Waals surface area contributed by atoms with Crippen LogP contribution >= 0.6 is 0 Å². The Morgan fingerprint density at radius 2 is 1.63 bits per heavy atom. The van der Waals surface area contributed by atoms with E-state index in [4.69, 9.17) is 14.9 Å². The lowest BCUT2D eigenvalue weighted by Crippen LogP contribution is -2.47.